The fourth-order valence-corrected chi connectivity index (χ4v) is 13.1. The standard InChI is InChI=1S/C63H87ClN10O6/c1-71(35-26-64)46-23-20-42(21-24-46)41-67-28-12-36-74(2,3)37-13-30-69-62(77)54(70-61(76)53(66)18-4-6-27-65)19-5-7-29-68-60(75)45-22-25-47(50(40-45)63(78)79)55-51-38-43-14-8-31-72-33-10-16-48(56(43)72)58(51)80-59-49-17-11-34-73-32-9-15-44(57(49)73)39-52(55)59/h20-25,38-40,53-54,60,67-68,75H,4-19,26-37,41,65-66H2,1-3H3,(H-2,69,70,76,77,78,79)/p+2. The summed E-state index contributed by atoms with van der Waals surface area (Å²) < 4.78 is 10.6. The van der Waals surface area contributed by atoms with Crippen molar-refractivity contribution in [1.29, 1.82) is 0 Å². The second-order valence-electron chi connectivity index (χ2n) is 23.6. The molecule has 17 heteroatoms. The number of carboxylic acid groups (broad SMARTS) is 1. The summed E-state index contributed by atoms with van der Waals surface area (Å²) in [6.07, 6.45) is 12.1. The molecule has 0 saturated carbocycles. The van der Waals surface area contributed by atoms with E-state index in [-0.39, 0.29) is 17.4 Å². The van der Waals surface area contributed by atoms with Crippen LogP contribution in [0.2, 0.25) is 0 Å². The Bertz CT molecular complexity index is 2980. The summed E-state index contributed by atoms with van der Waals surface area (Å²) in [5, 5.41) is 37.7. The summed E-state index contributed by atoms with van der Waals surface area (Å²) in [6.45, 7) is 9.91. The van der Waals surface area contributed by atoms with Crippen LogP contribution in [0.15, 0.2) is 54.6 Å². The average molecular weight is 1120 g/mol. The van der Waals surface area contributed by atoms with Crippen molar-refractivity contribution in [1.82, 2.24) is 25.8 Å². The van der Waals surface area contributed by atoms with Gasteiger partial charge in [-0.15, -0.1) is 11.6 Å². The molecule has 80 heavy (non-hydrogen) atoms. The second kappa shape index (κ2) is 27.5. The number of benzene rings is 4. The largest absolute Gasteiger partial charge is 0.478 e. The first-order valence-corrected chi connectivity index (χ1v) is 30.4. The van der Waals surface area contributed by atoms with Crippen LogP contribution in [0.4, 0.5) is 11.4 Å². The number of unbranched alkanes of at least 4 members (excludes halogenated alkanes) is 2. The molecule has 432 valence electrons. The second-order valence-corrected chi connectivity index (χ2v) is 24.0. The van der Waals surface area contributed by atoms with E-state index in [0.29, 0.717) is 62.3 Å². The number of carbonyl (C=O) groups excluding carboxylic acids is 2. The number of anilines is 2. The Morgan fingerprint density at radius 3 is 2.30 bits per heavy atom. The maximum atomic E-state index is 13.8. The first-order valence-electron chi connectivity index (χ1n) is 29.9. The van der Waals surface area contributed by atoms with Crippen LogP contribution in [0.25, 0.3) is 5.57 Å². The SMILES string of the molecule is CN(CCCl)c1ccc(CNCCC[N+](C)(C)CCCNC(=O)C(CCCCNC(O)c2ccc(C3=c4cc5c6c(c4Oc4c3cc3c7c4CCCN7CCC3)CCC[N+]=6CCC5)c(C(=O)O)c2)NC(=O)C(N)CCCCN)cc1. The average Bonchev–Trinajstić information content (AvgIpc) is 3.63. The zero-order valence-corrected chi connectivity index (χ0v) is 48.5. The summed E-state index contributed by atoms with van der Waals surface area (Å²) in [5.74, 6) is 0.652. The molecule has 3 unspecified atom stereocenters. The third-order valence-electron chi connectivity index (χ3n) is 17.2. The highest BCUT2D eigenvalue weighted by atomic mass is 35.5. The summed E-state index contributed by atoms with van der Waals surface area (Å²) in [4.78, 5) is 45.2. The van der Waals surface area contributed by atoms with Crippen molar-refractivity contribution in [2.75, 3.05) is 109 Å². The molecule has 0 bridgehead atoms. The number of aromatic carboxylic acids is 1. The predicted octanol–water partition coefficient (Wildman–Crippen LogP) is 4.95. The van der Waals surface area contributed by atoms with Crippen molar-refractivity contribution < 1.29 is 33.8 Å². The molecule has 5 aliphatic heterocycles. The zero-order chi connectivity index (χ0) is 56.3. The Labute approximate surface area is 478 Å². The van der Waals surface area contributed by atoms with E-state index < -0.39 is 24.3 Å². The van der Waals surface area contributed by atoms with Gasteiger partial charge in [0, 0.05) is 117 Å². The molecule has 16 nitrogen and oxygen atoms in total. The van der Waals surface area contributed by atoms with E-state index in [0.717, 1.165) is 174 Å². The molecule has 9 rings (SSSR count). The number of aryl methyl sites for hydroxylation is 2. The van der Waals surface area contributed by atoms with Gasteiger partial charge < -0.3 is 56.7 Å². The summed E-state index contributed by atoms with van der Waals surface area (Å²) in [5.41, 5.74) is 23.8. The van der Waals surface area contributed by atoms with E-state index in [4.69, 9.17) is 27.8 Å². The number of fused-ring (bicyclic) bond motifs is 4. The molecule has 0 aromatic heterocycles. The Morgan fingerprint density at radius 2 is 1.54 bits per heavy atom. The molecular weight excluding hydrogens is 1030 g/mol. The van der Waals surface area contributed by atoms with Crippen molar-refractivity contribution in [3.8, 4) is 11.5 Å². The van der Waals surface area contributed by atoms with Crippen LogP contribution in [-0.2, 0) is 41.8 Å². The lowest BCUT2D eigenvalue weighted by Gasteiger charge is -2.39. The third-order valence-corrected chi connectivity index (χ3v) is 17.4. The quantitative estimate of drug-likeness (QED) is 0.0105. The van der Waals surface area contributed by atoms with Gasteiger partial charge in [-0.1, -0.05) is 30.7 Å². The molecule has 3 atom stereocenters. The molecular formula is C63H89ClN10O6+2. The number of aliphatic hydroxyl groups is 1. The van der Waals surface area contributed by atoms with Gasteiger partial charge in [0.1, 0.15) is 36.9 Å². The number of rotatable bonds is 29. The van der Waals surface area contributed by atoms with Gasteiger partial charge in [0.05, 0.1) is 44.4 Å². The highest BCUT2D eigenvalue weighted by Crippen LogP contribution is 2.49. The first kappa shape index (κ1) is 59.0. The highest BCUT2D eigenvalue weighted by molar-refractivity contribution is 6.18. The lowest BCUT2D eigenvalue weighted by Crippen LogP contribution is -2.52. The zero-order valence-electron chi connectivity index (χ0n) is 47.8. The third kappa shape index (κ3) is 14.0. The van der Waals surface area contributed by atoms with Gasteiger partial charge >= 0.3 is 5.97 Å². The van der Waals surface area contributed by atoms with Crippen LogP contribution < -0.4 is 62.4 Å². The molecule has 4 aromatic carbocycles. The summed E-state index contributed by atoms with van der Waals surface area (Å²) in [6, 6.07) is 16.9. The number of hydrogen-bond donors (Lipinski definition) is 8. The Hall–Kier alpha value is -5.59. The molecule has 10 N–H and O–H groups in total. The van der Waals surface area contributed by atoms with Gasteiger partial charge in [-0.3, -0.25) is 14.9 Å². The van der Waals surface area contributed by atoms with Crippen LogP contribution in [-0.4, -0.2) is 144 Å². The number of hydrogen-bond acceptors (Lipinski definition) is 11. The molecule has 0 spiro atoms. The topological polar surface area (TPSA) is 211 Å². The number of amides is 2. The number of nitrogens with one attached hydrogen (secondary N) is 4. The number of quaternary nitrogens is 1. The monoisotopic (exact) mass is 1120 g/mol. The number of aliphatic hydroxyl groups excluding tert-OH is 1. The normalized spacial score (nSPS) is 16.4. The van der Waals surface area contributed by atoms with Crippen molar-refractivity contribution in [2.45, 2.75) is 128 Å². The minimum absolute atomic E-state index is 0.125. The number of alkyl halides is 1. The van der Waals surface area contributed by atoms with Crippen LogP contribution >= 0.6 is 11.6 Å². The van der Waals surface area contributed by atoms with Crippen molar-refractivity contribution in [2.24, 2.45) is 11.5 Å². The van der Waals surface area contributed by atoms with E-state index >= 15 is 0 Å². The van der Waals surface area contributed by atoms with Gasteiger partial charge in [0.15, 0.2) is 0 Å². The molecule has 5 aliphatic rings. The van der Waals surface area contributed by atoms with E-state index in [1.54, 1.807) is 6.07 Å². The van der Waals surface area contributed by atoms with Crippen LogP contribution in [0.5, 0.6) is 11.5 Å². The smallest absolute Gasteiger partial charge is 0.336 e. The van der Waals surface area contributed by atoms with Crippen LogP contribution in [0, 0.1) is 0 Å². The fourth-order valence-electron chi connectivity index (χ4n) is 12.9. The minimum atomic E-state index is -1.15. The van der Waals surface area contributed by atoms with Gasteiger partial charge in [0.2, 0.25) is 17.2 Å². The van der Waals surface area contributed by atoms with Crippen molar-refractivity contribution in [3.05, 3.63) is 115 Å². The van der Waals surface area contributed by atoms with E-state index in [2.05, 4.69) is 86.1 Å². The number of carbonyl (C=O) groups is 3. The maximum absolute atomic E-state index is 13.8. The van der Waals surface area contributed by atoms with Gasteiger partial charge in [0.25, 0.3) is 0 Å². The summed E-state index contributed by atoms with van der Waals surface area (Å²) >= 11 is 5.91. The molecule has 4 aromatic rings. The van der Waals surface area contributed by atoms with Gasteiger partial charge in [-0.05, 0) is 136 Å². The minimum Gasteiger partial charge on any atom is -0.478 e. The number of halogens is 1. The van der Waals surface area contributed by atoms with E-state index in [1.165, 1.54) is 38.9 Å². The predicted molar refractivity (Wildman–Crippen MR) is 320 cm³/mol. The number of carboxylic acids is 1. The van der Waals surface area contributed by atoms with Crippen molar-refractivity contribution in [3.63, 3.8) is 0 Å². The molecule has 0 fully saturated rings. The highest BCUT2D eigenvalue weighted by Gasteiger charge is 2.37. The lowest BCUT2D eigenvalue weighted by atomic mass is 9.81. The molecule has 5 heterocycles. The first-order chi connectivity index (χ1) is 38.7. The molecule has 2 amide bonds. The Balaban J connectivity index is 0.825. The van der Waals surface area contributed by atoms with E-state index in [9.17, 15) is 24.6 Å². The van der Waals surface area contributed by atoms with Crippen molar-refractivity contribution >= 4 is 46.3 Å². The van der Waals surface area contributed by atoms with E-state index in [1.807, 2.05) is 19.2 Å². The van der Waals surface area contributed by atoms with Gasteiger partial charge in [-0.2, -0.15) is 0 Å². The van der Waals surface area contributed by atoms with Gasteiger partial charge in [-0.25, -0.2) is 9.37 Å². The van der Waals surface area contributed by atoms with Crippen LogP contribution in [0.1, 0.15) is 138 Å². The molecule has 0 saturated heterocycles. The molecule has 0 aliphatic carbocycles. The van der Waals surface area contributed by atoms with Crippen LogP contribution in [0.3, 0.4) is 0 Å². The summed E-state index contributed by atoms with van der Waals surface area (Å²) in [7, 11) is 6.47. The lowest BCUT2D eigenvalue weighted by molar-refractivity contribution is -0.890. The Morgan fingerprint density at radius 1 is 0.812 bits per heavy atom. The Kier molecular flexibility index (Phi) is 20.3. The number of nitrogens with two attached hydrogens (primary N) is 2. The molecule has 0 radical (unpaired) electrons. The maximum Gasteiger partial charge on any atom is 0.336 e. The number of nitrogens with zero attached hydrogens (tertiary/aromatic N) is 4. The number of ether oxygens (including phenoxy) is 1. The fraction of sp³-hybridized carbons (Fsp3) is 0.556.